The molecular formula is C21H34N4O2. The number of hydrogen-bond donors (Lipinski definition) is 1. The third-order valence-corrected chi connectivity index (χ3v) is 6.09. The van der Waals surface area contributed by atoms with Crippen molar-refractivity contribution in [2.24, 2.45) is 5.92 Å². The molecule has 27 heavy (non-hydrogen) atoms. The predicted octanol–water partition coefficient (Wildman–Crippen LogP) is 1.60. The Balaban J connectivity index is 1.48. The molecular weight excluding hydrogens is 340 g/mol. The Bertz CT molecular complexity index is 575. The summed E-state index contributed by atoms with van der Waals surface area (Å²) in [6.07, 6.45) is 8.18. The molecule has 6 nitrogen and oxygen atoms in total. The first kappa shape index (κ1) is 20.2. The molecule has 0 radical (unpaired) electrons. The van der Waals surface area contributed by atoms with E-state index in [9.17, 15) is 9.90 Å². The maximum absolute atomic E-state index is 12.8. The molecule has 2 fully saturated rings. The minimum absolute atomic E-state index is 0.0476. The van der Waals surface area contributed by atoms with E-state index in [1.54, 1.807) is 0 Å². The lowest BCUT2D eigenvalue weighted by molar-refractivity contribution is -0.138. The minimum Gasteiger partial charge on any atom is -0.395 e. The highest BCUT2D eigenvalue weighted by atomic mass is 16.3. The van der Waals surface area contributed by atoms with Gasteiger partial charge in [-0.05, 0) is 69.9 Å². The van der Waals surface area contributed by atoms with Gasteiger partial charge in [0, 0.05) is 44.6 Å². The second kappa shape index (κ2) is 10.2. The normalized spacial score (nSPS) is 22.7. The number of likely N-dealkylation sites (tertiary alicyclic amines) is 2. The van der Waals surface area contributed by atoms with Gasteiger partial charge in [-0.15, -0.1) is 0 Å². The van der Waals surface area contributed by atoms with Gasteiger partial charge in [0.25, 0.3) is 0 Å². The number of aliphatic hydroxyl groups is 1. The van der Waals surface area contributed by atoms with Gasteiger partial charge < -0.3 is 10.0 Å². The highest BCUT2D eigenvalue weighted by Crippen LogP contribution is 2.25. The van der Waals surface area contributed by atoms with E-state index in [1.165, 1.54) is 18.4 Å². The first-order chi connectivity index (χ1) is 13.2. The third-order valence-electron chi connectivity index (χ3n) is 6.09. The highest BCUT2D eigenvalue weighted by Gasteiger charge is 2.33. The van der Waals surface area contributed by atoms with E-state index in [1.807, 2.05) is 24.2 Å². The van der Waals surface area contributed by atoms with Crippen LogP contribution in [-0.2, 0) is 11.3 Å². The maximum Gasteiger partial charge on any atom is 0.227 e. The Kier molecular flexibility index (Phi) is 7.61. The molecule has 3 rings (SSSR count). The SMILES string of the molecule is CCN(CCO)C(=O)[C@H]1CCCN(C2CCN(Cc3ccncc3)CC2)C1. The molecule has 2 aliphatic heterocycles. The number of pyridine rings is 1. The molecule has 0 bridgehead atoms. The van der Waals surface area contributed by atoms with Crippen LogP contribution in [0.25, 0.3) is 0 Å². The maximum atomic E-state index is 12.8. The van der Waals surface area contributed by atoms with Crippen LogP contribution in [-0.4, -0.2) is 82.6 Å². The molecule has 2 saturated heterocycles. The summed E-state index contributed by atoms with van der Waals surface area (Å²) < 4.78 is 0. The zero-order chi connectivity index (χ0) is 19.1. The van der Waals surface area contributed by atoms with Crippen molar-refractivity contribution in [3.05, 3.63) is 30.1 Å². The molecule has 0 spiro atoms. The molecule has 0 unspecified atom stereocenters. The molecule has 0 aromatic carbocycles. The van der Waals surface area contributed by atoms with Gasteiger partial charge in [-0.25, -0.2) is 0 Å². The van der Waals surface area contributed by atoms with Gasteiger partial charge in [0.2, 0.25) is 5.91 Å². The van der Waals surface area contributed by atoms with Gasteiger partial charge in [-0.1, -0.05) is 0 Å². The second-order valence-electron chi connectivity index (χ2n) is 7.84. The van der Waals surface area contributed by atoms with Crippen molar-refractivity contribution < 1.29 is 9.90 Å². The van der Waals surface area contributed by atoms with Crippen molar-refractivity contribution >= 4 is 5.91 Å². The van der Waals surface area contributed by atoms with Gasteiger partial charge in [-0.2, -0.15) is 0 Å². The van der Waals surface area contributed by atoms with Crippen molar-refractivity contribution in [3.63, 3.8) is 0 Å². The summed E-state index contributed by atoms with van der Waals surface area (Å²) >= 11 is 0. The summed E-state index contributed by atoms with van der Waals surface area (Å²) in [5, 5.41) is 9.19. The van der Waals surface area contributed by atoms with Crippen LogP contribution in [0.3, 0.4) is 0 Å². The molecule has 2 aliphatic rings. The first-order valence-corrected chi connectivity index (χ1v) is 10.5. The number of aliphatic hydroxyl groups excluding tert-OH is 1. The average Bonchev–Trinajstić information content (AvgIpc) is 2.73. The number of piperidine rings is 2. The molecule has 1 N–H and O–H groups in total. The van der Waals surface area contributed by atoms with Crippen LogP contribution in [0.15, 0.2) is 24.5 Å². The third kappa shape index (κ3) is 5.50. The number of aromatic nitrogens is 1. The van der Waals surface area contributed by atoms with Gasteiger partial charge in [-0.3, -0.25) is 19.6 Å². The van der Waals surface area contributed by atoms with Crippen LogP contribution >= 0.6 is 0 Å². The summed E-state index contributed by atoms with van der Waals surface area (Å²) in [6.45, 7) is 8.42. The van der Waals surface area contributed by atoms with E-state index in [0.29, 0.717) is 19.1 Å². The van der Waals surface area contributed by atoms with E-state index in [2.05, 4.69) is 26.9 Å². The Morgan fingerprint density at radius 3 is 2.63 bits per heavy atom. The molecule has 6 heteroatoms. The van der Waals surface area contributed by atoms with Gasteiger partial charge in [0.1, 0.15) is 0 Å². The average molecular weight is 375 g/mol. The summed E-state index contributed by atoms with van der Waals surface area (Å²) in [7, 11) is 0. The summed E-state index contributed by atoms with van der Waals surface area (Å²) in [4.78, 5) is 23.8. The smallest absolute Gasteiger partial charge is 0.227 e. The van der Waals surface area contributed by atoms with Crippen molar-refractivity contribution in [3.8, 4) is 0 Å². The summed E-state index contributed by atoms with van der Waals surface area (Å²) in [5.41, 5.74) is 1.33. The first-order valence-electron chi connectivity index (χ1n) is 10.5. The van der Waals surface area contributed by atoms with E-state index >= 15 is 0 Å². The summed E-state index contributed by atoms with van der Waals surface area (Å²) in [6, 6.07) is 4.79. The quantitative estimate of drug-likeness (QED) is 0.786. The predicted molar refractivity (Wildman–Crippen MR) is 106 cm³/mol. The lowest BCUT2D eigenvalue weighted by Gasteiger charge is -2.42. The molecule has 150 valence electrons. The number of likely N-dealkylation sites (N-methyl/N-ethyl adjacent to an activating group) is 1. The number of carbonyl (C=O) groups excluding carboxylic acids is 1. The Morgan fingerprint density at radius 2 is 1.96 bits per heavy atom. The molecule has 1 atom stereocenters. The number of rotatable bonds is 7. The van der Waals surface area contributed by atoms with Crippen molar-refractivity contribution in [1.29, 1.82) is 0 Å². The Labute approximate surface area is 163 Å². The van der Waals surface area contributed by atoms with Crippen LogP contribution in [0.2, 0.25) is 0 Å². The molecule has 3 heterocycles. The zero-order valence-corrected chi connectivity index (χ0v) is 16.6. The zero-order valence-electron chi connectivity index (χ0n) is 16.6. The van der Waals surface area contributed by atoms with Gasteiger partial charge in [0.15, 0.2) is 0 Å². The molecule has 0 saturated carbocycles. The fourth-order valence-corrected chi connectivity index (χ4v) is 4.53. The van der Waals surface area contributed by atoms with Crippen LogP contribution in [0.1, 0.15) is 38.2 Å². The largest absolute Gasteiger partial charge is 0.395 e. The monoisotopic (exact) mass is 374 g/mol. The standard InChI is InChI=1S/C21H34N4O2/c1-2-24(14-15-26)21(27)19-4-3-11-25(17-19)20-7-12-23(13-8-20)16-18-5-9-22-10-6-18/h5-6,9-10,19-20,26H,2-4,7-8,11-17H2,1H3/t19-/m0/s1. The number of nitrogens with zero attached hydrogens (tertiary/aromatic N) is 4. The number of amides is 1. The van der Waals surface area contributed by atoms with E-state index in [0.717, 1.165) is 45.6 Å². The van der Waals surface area contributed by atoms with Gasteiger partial charge >= 0.3 is 0 Å². The van der Waals surface area contributed by atoms with Crippen LogP contribution in [0.4, 0.5) is 0 Å². The Hall–Kier alpha value is -1.50. The fraction of sp³-hybridized carbons (Fsp3) is 0.714. The lowest BCUT2D eigenvalue weighted by atomic mass is 9.92. The molecule has 1 aromatic heterocycles. The minimum atomic E-state index is 0.0476. The van der Waals surface area contributed by atoms with E-state index in [-0.39, 0.29) is 18.4 Å². The molecule has 1 amide bonds. The molecule has 0 aliphatic carbocycles. The van der Waals surface area contributed by atoms with Crippen LogP contribution in [0.5, 0.6) is 0 Å². The molecule has 1 aromatic rings. The Morgan fingerprint density at radius 1 is 1.22 bits per heavy atom. The van der Waals surface area contributed by atoms with Crippen molar-refractivity contribution in [2.45, 2.75) is 45.2 Å². The van der Waals surface area contributed by atoms with Crippen LogP contribution < -0.4 is 0 Å². The van der Waals surface area contributed by atoms with Crippen molar-refractivity contribution in [1.82, 2.24) is 19.7 Å². The van der Waals surface area contributed by atoms with E-state index in [4.69, 9.17) is 0 Å². The van der Waals surface area contributed by atoms with E-state index < -0.39 is 0 Å². The number of carbonyl (C=O) groups is 1. The second-order valence-corrected chi connectivity index (χ2v) is 7.84. The summed E-state index contributed by atoms with van der Waals surface area (Å²) in [5.74, 6) is 0.325. The van der Waals surface area contributed by atoms with Crippen LogP contribution in [0, 0.1) is 5.92 Å². The lowest BCUT2D eigenvalue weighted by Crippen LogP contribution is -2.51. The van der Waals surface area contributed by atoms with Crippen molar-refractivity contribution in [2.75, 3.05) is 45.9 Å². The highest BCUT2D eigenvalue weighted by molar-refractivity contribution is 5.79. The fourth-order valence-electron chi connectivity index (χ4n) is 4.53. The number of hydrogen-bond acceptors (Lipinski definition) is 5. The van der Waals surface area contributed by atoms with Gasteiger partial charge in [0.05, 0.1) is 12.5 Å². The topological polar surface area (TPSA) is 59.9 Å².